The molecule has 0 aromatic heterocycles. The first kappa shape index (κ1) is 16.1. The molecule has 1 N–H and O–H groups in total. The summed E-state index contributed by atoms with van der Waals surface area (Å²) in [5.74, 6) is 2.14. The summed E-state index contributed by atoms with van der Waals surface area (Å²) in [6.45, 7) is 7.40. The lowest BCUT2D eigenvalue weighted by Crippen LogP contribution is -2.55. The molecule has 2 nitrogen and oxygen atoms in total. The minimum atomic E-state index is 0. The number of phenolic OH excluding ortho intramolecular Hbond substituents is 1. The maximum Gasteiger partial charge on any atom is 0.115 e. The van der Waals surface area contributed by atoms with E-state index in [4.69, 9.17) is 0 Å². The Hall–Kier alpha value is -0.730. The number of halogens is 1. The van der Waals surface area contributed by atoms with Crippen LogP contribution < -0.4 is 0 Å². The van der Waals surface area contributed by atoms with Gasteiger partial charge in [-0.2, -0.15) is 0 Å². The molecule has 1 heterocycles. The normalized spacial score (nSPS) is 30.1. The van der Waals surface area contributed by atoms with Crippen molar-refractivity contribution in [1.82, 2.24) is 4.90 Å². The van der Waals surface area contributed by atoms with Crippen LogP contribution in [0.15, 0.2) is 18.2 Å². The summed E-state index contributed by atoms with van der Waals surface area (Å²) in [7, 11) is 0. The molecule has 2 fully saturated rings. The molecule has 1 saturated heterocycles. The fraction of sp³-hybridized carbons (Fsp3) is 0.684. The number of likely N-dealkylation sites (tertiary alicyclic amines) is 1. The van der Waals surface area contributed by atoms with E-state index in [0.717, 1.165) is 11.8 Å². The van der Waals surface area contributed by atoms with E-state index in [2.05, 4.69) is 24.8 Å². The van der Waals surface area contributed by atoms with Gasteiger partial charge in [0.25, 0.3) is 0 Å². The molecule has 122 valence electrons. The van der Waals surface area contributed by atoms with Gasteiger partial charge in [-0.3, -0.25) is 4.90 Å². The lowest BCUT2D eigenvalue weighted by molar-refractivity contribution is 0.0408. The Morgan fingerprint density at radius 3 is 2.73 bits per heavy atom. The topological polar surface area (TPSA) is 23.5 Å². The minimum Gasteiger partial charge on any atom is -0.508 e. The van der Waals surface area contributed by atoms with Crippen LogP contribution in [0.5, 0.6) is 5.75 Å². The van der Waals surface area contributed by atoms with Crippen LogP contribution in [-0.4, -0.2) is 29.1 Å². The lowest BCUT2D eigenvalue weighted by Gasteiger charge is -2.52. The Balaban J connectivity index is 0.00000144. The molecule has 4 rings (SSSR count). The Labute approximate surface area is 140 Å². The standard InChI is InChI=1S/C19H27NO.ClH/c1-19(2)16-4-3-9-20(12-13-5-6-13)18(16)10-14-7-8-15(21)11-17(14)19;/h7-8,11,13,16,18,21H,3-6,9-10,12H2,1-2H3;1H/t16-,18+;/m0./s1. The average molecular weight is 322 g/mol. The Morgan fingerprint density at radius 2 is 2.00 bits per heavy atom. The molecule has 0 radical (unpaired) electrons. The van der Waals surface area contributed by atoms with Crippen molar-refractivity contribution in [2.45, 2.75) is 57.4 Å². The van der Waals surface area contributed by atoms with Crippen LogP contribution in [0.2, 0.25) is 0 Å². The van der Waals surface area contributed by atoms with Crippen LogP contribution in [0.25, 0.3) is 0 Å². The van der Waals surface area contributed by atoms with Gasteiger partial charge in [0.1, 0.15) is 5.75 Å². The Bertz CT molecular complexity index is 552. The molecule has 1 aliphatic heterocycles. The third-order valence-electron chi connectivity index (χ3n) is 6.23. The van der Waals surface area contributed by atoms with Crippen molar-refractivity contribution in [1.29, 1.82) is 0 Å². The number of hydrogen-bond acceptors (Lipinski definition) is 2. The summed E-state index contributed by atoms with van der Waals surface area (Å²) in [6, 6.07) is 6.76. The molecule has 0 bridgehead atoms. The predicted octanol–water partition coefficient (Wildman–Crippen LogP) is 4.14. The second kappa shape index (κ2) is 5.72. The number of hydrogen-bond donors (Lipinski definition) is 1. The van der Waals surface area contributed by atoms with E-state index < -0.39 is 0 Å². The van der Waals surface area contributed by atoms with Crippen LogP contribution >= 0.6 is 12.4 Å². The highest BCUT2D eigenvalue weighted by molar-refractivity contribution is 5.85. The molecule has 1 aromatic carbocycles. The molecule has 1 saturated carbocycles. The second-order valence-corrected chi connectivity index (χ2v) is 8.02. The molecule has 0 unspecified atom stereocenters. The number of piperidine rings is 1. The zero-order valence-corrected chi connectivity index (χ0v) is 14.5. The van der Waals surface area contributed by atoms with Crippen LogP contribution in [0.3, 0.4) is 0 Å². The van der Waals surface area contributed by atoms with E-state index in [1.807, 2.05) is 12.1 Å². The zero-order chi connectivity index (χ0) is 14.6. The van der Waals surface area contributed by atoms with Crippen LogP contribution in [0.4, 0.5) is 0 Å². The third kappa shape index (κ3) is 2.65. The van der Waals surface area contributed by atoms with Gasteiger partial charge in [0, 0.05) is 12.6 Å². The van der Waals surface area contributed by atoms with Crippen LogP contribution in [0.1, 0.15) is 50.7 Å². The third-order valence-corrected chi connectivity index (χ3v) is 6.23. The van der Waals surface area contributed by atoms with Crippen LogP contribution in [0, 0.1) is 11.8 Å². The smallest absolute Gasteiger partial charge is 0.115 e. The number of rotatable bonds is 2. The quantitative estimate of drug-likeness (QED) is 0.885. The fourth-order valence-corrected chi connectivity index (χ4v) is 4.87. The van der Waals surface area contributed by atoms with Crippen molar-refractivity contribution >= 4 is 12.4 Å². The van der Waals surface area contributed by atoms with Gasteiger partial charge in [-0.15, -0.1) is 12.4 Å². The van der Waals surface area contributed by atoms with E-state index in [9.17, 15) is 5.11 Å². The van der Waals surface area contributed by atoms with Gasteiger partial charge in [0.05, 0.1) is 0 Å². The molecular weight excluding hydrogens is 294 g/mol. The lowest BCUT2D eigenvalue weighted by atomic mass is 9.60. The van der Waals surface area contributed by atoms with Gasteiger partial charge in [-0.1, -0.05) is 19.9 Å². The molecular formula is C19H28ClNO. The first-order valence-corrected chi connectivity index (χ1v) is 8.62. The summed E-state index contributed by atoms with van der Waals surface area (Å²) in [5.41, 5.74) is 3.03. The number of aromatic hydroxyl groups is 1. The molecule has 3 aliphatic rings. The van der Waals surface area contributed by atoms with Gasteiger partial charge in [0.15, 0.2) is 0 Å². The maximum absolute atomic E-state index is 9.89. The second-order valence-electron chi connectivity index (χ2n) is 8.02. The molecule has 2 atom stereocenters. The highest BCUT2D eigenvalue weighted by Crippen LogP contribution is 2.48. The van der Waals surface area contributed by atoms with Crippen molar-refractivity contribution < 1.29 is 5.11 Å². The zero-order valence-electron chi connectivity index (χ0n) is 13.7. The van der Waals surface area contributed by atoms with E-state index in [1.165, 1.54) is 56.3 Å². The number of fused-ring (bicyclic) bond motifs is 2. The van der Waals surface area contributed by atoms with Gasteiger partial charge in [-0.05, 0) is 79.2 Å². The van der Waals surface area contributed by atoms with Gasteiger partial charge >= 0.3 is 0 Å². The van der Waals surface area contributed by atoms with Crippen molar-refractivity contribution in [3.63, 3.8) is 0 Å². The molecule has 2 aliphatic carbocycles. The maximum atomic E-state index is 9.89. The van der Waals surface area contributed by atoms with Crippen LogP contribution in [-0.2, 0) is 11.8 Å². The minimum absolute atomic E-state index is 0. The van der Waals surface area contributed by atoms with E-state index in [0.29, 0.717) is 11.8 Å². The van der Waals surface area contributed by atoms with Gasteiger partial charge < -0.3 is 5.11 Å². The average Bonchev–Trinajstić information content (AvgIpc) is 3.25. The summed E-state index contributed by atoms with van der Waals surface area (Å²) in [6.07, 6.45) is 6.75. The predicted molar refractivity (Wildman–Crippen MR) is 92.9 cm³/mol. The number of benzene rings is 1. The fourth-order valence-electron chi connectivity index (χ4n) is 4.87. The SMILES string of the molecule is CC1(C)c2cc(O)ccc2C[C@@H]2[C@@H]1CCCN2CC1CC1.Cl. The summed E-state index contributed by atoms with van der Waals surface area (Å²) in [5, 5.41) is 9.89. The highest BCUT2D eigenvalue weighted by Gasteiger charge is 2.46. The molecule has 1 aromatic rings. The Morgan fingerprint density at radius 1 is 1.23 bits per heavy atom. The van der Waals surface area contributed by atoms with Crippen molar-refractivity contribution in [3.05, 3.63) is 29.3 Å². The summed E-state index contributed by atoms with van der Waals surface area (Å²) < 4.78 is 0. The van der Waals surface area contributed by atoms with E-state index >= 15 is 0 Å². The summed E-state index contributed by atoms with van der Waals surface area (Å²) >= 11 is 0. The largest absolute Gasteiger partial charge is 0.508 e. The molecule has 0 amide bonds. The van der Waals surface area contributed by atoms with Crippen molar-refractivity contribution in [3.8, 4) is 5.75 Å². The van der Waals surface area contributed by atoms with E-state index in [-0.39, 0.29) is 17.8 Å². The summed E-state index contributed by atoms with van der Waals surface area (Å²) in [4.78, 5) is 2.80. The Kier molecular flexibility index (Phi) is 4.20. The highest BCUT2D eigenvalue weighted by atomic mass is 35.5. The monoisotopic (exact) mass is 321 g/mol. The first-order chi connectivity index (χ1) is 10.1. The van der Waals surface area contributed by atoms with Gasteiger partial charge in [0.2, 0.25) is 0 Å². The van der Waals surface area contributed by atoms with Crippen molar-refractivity contribution in [2.75, 3.05) is 13.1 Å². The van der Waals surface area contributed by atoms with E-state index in [1.54, 1.807) is 0 Å². The molecule has 22 heavy (non-hydrogen) atoms. The number of nitrogens with zero attached hydrogens (tertiary/aromatic N) is 1. The molecule has 3 heteroatoms. The number of phenols is 1. The van der Waals surface area contributed by atoms with Gasteiger partial charge in [-0.25, -0.2) is 0 Å². The van der Waals surface area contributed by atoms with Crippen molar-refractivity contribution in [2.24, 2.45) is 11.8 Å². The first-order valence-electron chi connectivity index (χ1n) is 8.62. The molecule has 0 spiro atoms.